The molecule has 2 amide bonds. The number of benzene rings is 1. The molecule has 1 aliphatic rings. The van der Waals surface area contributed by atoms with Crippen molar-refractivity contribution in [2.75, 3.05) is 26.2 Å². The van der Waals surface area contributed by atoms with Crippen LogP contribution >= 0.6 is 0 Å². The number of hydrogen-bond donors (Lipinski definition) is 2. The number of piperidine rings is 1. The van der Waals surface area contributed by atoms with Gasteiger partial charge in [-0.2, -0.15) is 4.31 Å². The topological polar surface area (TPSA) is 105 Å². The number of nitrogens with zero attached hydrogens (tertiary/aromatic N) is 1. The van der Waals surface area contributed by atoms with Crippen LogP contribution in [0.3, 0.4) is 0 Å². The Morgan fingerprint density at radius 1 is 1.16 bits per heavy atom. The normalized spacial score (nSPS) is 16.0. The number of ether oxygens (including phenoxy) is 1. The predicted molar refractivity (Wildman–Crippen MR) is 120 cm³/mol. The molecule has 0 aromatic heterocycles. The maximum absolute atomic E-state index is 13.0. The van der Waals surface area contributed by atoms with Crippen molar-refractivity contribution in [1.29, 1.82) is 0 Å². The molecule has 1 saturated heterocycles. The summed E-state index contributed by atoms with van der Waals surface area (Å²) in [5.74, 6) is -0.0591. The van der Waals surface area contributed by atoms with E-state index in [0.717, 1.165) is 19.3 Å². The standard InChI is InChI=1S/C22H35N3O5S/c1-5-30-22(27)24-18(13-16(2)3)15-23-21(26)20-14-19(10-9-17(20)4)31(28,29)25-11-7-6-8-12-25/h9-10,14,16,18H,5-8,11-13,15H2,1-4H3,(H,23,26)(H,24,27). The molecule has 1 aliphatic heterocycles. The molecular weight excluding hydrogens is 418 g/mol. The Balaban J connectivity index is 2.13. The molecule has 174 valence electrons. The van der Waals surface area contributed by atoms with Crippen LogP contribution in [0.4, 0.5) is 4.79 Å². The van der Waals surface area contributed by atoms with E-state index in [1.807, 2.05) is 13.8 Å². The Morgan fingerprint density at radius 2 is 1.84 bits per heavy atom. The number of aryl methyl sites for hydroxylation is 1. The highest BCUT2D eigenvalue weighted by Gasteiger charge is 2.27. The van der Waals surface area contributed by atoms with Crippen LogP contribution in [0.15, 0.2) is 23.1 Å². The predicted octanol–water partition coefficient (Wildman–Crippen LogP) is 3.06. The van der Waals surface area contributed by atoms with Crippen LogP contribution in [-0.2, 0) is 14.8 Å². The zero-order valence-corrected chi connectivity index (χ0v) is 19.8. The van der Waals surface area contributed by atoms with Crippen molar-refractivity contribution < 1.29 is 22.7 Å². The van der Waals surface area contributed by atoms with Crippen LogP contribution in [-0.4, -0.2) is 57.0 Å². The monoisotopic (exact) mass is 453 g/mol. The number of rotatable bonds is 9. The molecule has 31 heavy (non-hydrogen) atoms. The molecule has 1 aromatic carbocycles. The molecule has 2 N–H and O–H groups in total. The molecule has 2 rings (SSSR count). The number of sulfonamides is 1. The third kappa shape index (κ3) is 7.21. The zero-order valence-electron chi connectivity index (χ0n) is 18.9. The van der Waals surface area contributed by atoms with Gasteiger partial charge in [0.15, 0.2) is 0 Å². The molecule has 0 radical (unpaired) electrons. The van der Waals surface area contributed by atoms with Crippen LogP contribution < -0.4 is 10.6 Å². The van der Waals surface area contributed by atoms with Gasteiger partial charge in [-0.1, -0.05) is 26.3 Å². The van der Waals surface area contributed by atoms with Gasteiger partial charge in [0.1, 0.15) is 0 Å². The number of carbonyl (C=O) groups excluding carboxylic acids is 2. The number of hydrogen-bond acceptors (Lipinski definition) is 5. The molecule has 8 nitrogen and oxygen atoms in total. The molecule has 1 heterocycles. The third-order valence-electron chi connectivity index (χ3n) is 5.27. The Labute approximate surface area is 185 Å². The van der Waals surface area contributed by atoms with E-state index < -0.39 is 16.1 Å². The molecule has 1 fully saturated rings. The summed E-state index contributed by atoms with van der Waals surface area (Å²) in [6.07, 6.45) is 2.88. The highest BCUT2D eigenvalue weighted by atomic mass is 32.2. The van der Waals surface area contributed by atoms with Gasteiger partial charge in [-0.05, 0) is 56.7 Å². The number of carbonyl (C=O) groups is 2. The van der Waals surface area contributed by atoms with E-state index >= 15 is 0 Å². The Morgan fingerprint density at radius 3 is 2.45 bits per heavy atom. The van der Waals surface area contributed by atoms with Crippen LogP contribution in [0.2, 0.25) is 0 Å². The van der Waals surface area contributed by atoms with Crippen molar-refractivity contribution in [3.05, 3.63) is 29.3 Å². The summed E-state index contributed by atoms with van der Waals surface area (Å²) < 4.78 is 32.4. The molecule has 1 atom stereocenters. The molecule has 0 saturated carbocycles. The van der Waals surface area contributed by atoms with Gasteiger partial charge < -0.3 is 15.4 Å². The highest BCUT2D eigenvalue weighted by Crippen LogP contribution is 2.23. The largest absolute Gasteiger partial charge is 0.450 e. The molecular formula is C22H35N3O5S. The van der Waals surface area contributed by atoms with Gasteiger partial charge in [-0.3, -0.25) is 4.79 Å². The van der Waals surface area contributed by atoms with Crippen molar-refractivity contribution in [3.63, 3.8) is 0 Å². The minimum atomic E-state index is -3.62. The first-order valence-corrected chi connectivity index (χ1v) is 12.4. The number of alkyl carbamates (subject to hydrolysis) is 1. The third-order valence-corrected chi connectivity index (χ3v) is 7.16. The molecule has 0 spiro atoms. The van der Waals surface area contributed by atoms with Crippen molar-refractivity contribution in [3.8, 4) is 0 Å². The van der Waals surface area contributed by atoms with Gasteiger partial charge in [0, 0.05) is 31.2 Å². The molecule has 0 bridgehead atoms. The quantitative estimate of drug-likeness (QED) is 0.598. The average Bonchev–Trinajstić information content (AvgIpc) is 2.72. The summed E-state index contributed by atoms with van der Waals surface area (Å²) in [5, 5.41) is 5.60. The van der Waals surface area contributed by atoms with E-state index in [1.165, 1.54) is 10.4 Å². The van der Waals surface area contributed by atoms with E-state index in [0.29, 0.717) is 36.6 Å². The van der Waals surface area contributed by atoms with E-state index in [9.17, 15) is 18.0 Å². The first-order chi connectivity index (χ1) is 14.6. The van der Waals surface area contributed by atoms with Crippen LogP contribution in [0.5, 0.6) is 0 Å². The number of nitrogens with one attached hydrogen (secondary N) is 2. The lowest BCUT2D eigenvalue weighted by Gasteiger charge is -2.26. The maximum Gasteiger partial charge on any atom is 0.407 e. The van der Waals surface area contributed by atoms with Gasteiger partial charge >= 0.3 is 6.09 Å². The van der Waals surface area contributed by atoms with Gasteiger partial charge in [0.25, 0.3) is 5.91 Å². The second-order valence-corrected chi connectivity index (χ2v) is 10.3. The highest BCUT2D eigenvalue weighted by molar-refractivity contribution is 7.89. The van der Waals surface area contributed by atoms with Gasteiger partial charge in [-0.15, -0.1) is 0 Å². The van der Waals surface area contributed by atoms with Crippen LogP contribution in [0, 0.1) is 12.8 Å². The lowest BCUT2D eigenvalue weighted by Crippen LogP contribution is -2.44. The Kier molecular flexibility index (Phi) is 9.31. The van der Waals surface area contributed by atoms with E-state index in [4.69, 9.17) is 4.74 Å². The van der Waals surface area contributed by atoms with Gasteiger partial charge in [-0.25, -0.2) is 13.2 Å². The lowest BCUT2D eigenvalue weighted by atomic mass is 10.0. The Bertz CT molecular complexity index is 864. The first-order valence-electron chi connectivity index (χ1n) is 11.0. The summed E-state index contributed by atoms with van der Waals surface area (Å²) in [7, 11) is -3.62. The van der Waals surface area contributed by atoms with Crippen molar-refractivity contribution in [2.45, 2.75) is 64.3 Å². The minimum Gasteiger partial charge on any atom is -0.450 e. The van der Waals surface area contributed by atoms with Gasteiger partial charge in [0.2, 0.25) is 10.0 Å². The maximum atomic E-state index is 13.0. The van der Waals surface area contributed by atoms with Crippen molar-refractivity contribution in [2.24, 2.45) is 5.92 Å². The second kappa shape index (κ2) is 11.5. The first kappa shape index (κ1) is 25.1. The molecule has 1 aromatic rings. The van der Waals surface area contributed by atoms with E-state index in [2.05, 4.69) is 10.6 Å². The fourth-order valence-corrected chi connectivity index (χ4v) is 5.22. The summed E-state index contributed by atoms with van der Waals surface area (Å²) in [6.45, 7) is 9.06. The van der Waals surface area contributed by atoms with Crippen molar-refractivity contribution >= 4 is 22.0 Å². The molecule has 0 aliphatic carbocycles. The van der Waals surface area contributed by atoms with Gasteiger partial charge in [0.05, 0.1) is 11.5 Å². The second-order valence-electron chi connectivity index (χ2n) is 8.34. The average molecular weight is 454 g/mol. The lowest BCUT2D eigenvalue weighted by molar-refractivity contribution is 0.0943. The Hall–Kier alpha value is -2.13. The summed E-state index contributed by atoms with van der Waals surface area (Å²) in [4.78, 5) is 24.8. The van der Waals surface area contributed by atoms with E-state index in [1.54, 1.807) is 26.0 Å². The fourth-order valence-electron chi connectivity index (χ4n) is 3.67. The smallest absolute Gasteiger partial charge is 0.407 e. The zero-order chi connectivity index (χ0) is 23.0. The summed E-state index contributed by atoms with van der Waals surface area (Å²) in [5.41, 5.74) is 1.01. The molecule has 1 unspecified atom stereocenters. The van der Waals surface area contributed by atoms with E-state index in [-0.39, 0.29) is 30.0 Å². The SMILES string of the molecule is CCOC(=O)NC(CNC(=O)c1cc(S(=O)(=O)N2CCCCC2)ccc1C)CC(C)C. The summed E-state index contributed by atoms with van der Waals surface area (Å²) >= 11 is 0. The van der Waals surface area contributed by atoms with Crippen molar-refractivity contribution in [1.82, 2.24) is 14.9 Å². The minimum absolute atomic E-state index is 0.133. The van der Waals surface area contributed by atoms with Crippen LogP contribution in [0.25, 0.3) is 0 Å². The molecule has 9 heteroatoms. The summed E-state index contributed by atoms with van der Waals surface area (Å²) in [6, 6.07) is 4.38. The van der Waals surface area contributed by atoms with Crippen LogP contribution in [0.1, 0.15) is 62.4 Å². The number of amides is 2. The fraction of sp³-hybridized carbons (Fsp3) is 0.636.